The van der Waals surface area contributed by atoms with Gasteiger partial charge in [0.05, 0.1) is 29.1 Å². The van der Waals surface area contributed by atoms with Gasteiger partial charge in [-0.05, 0) is 26.0 Å². The molecule has 0 aliphatic carbocycles. The van der Waals surface area contributed by atoms with Crippen molar-refractivity contribution in [3.63, 3.8) is 0 Å². The second-order valence-corrected chi connectivity index (χ2v) is 5.48. The maximum atomic E-state index is 6.06. The number of benzene rings is 1. The van der Waals surface area contributed by atoms with E-state index in [9.17, 15) is 0 Å². The highest BCUT2D eigenvalue weighted by Crippen LogP contribution is 2.29. The monoisotopic (exact) mass is 273 g/mol. The van der Waals surface area contributed by atoms with E-state index in [1.165, 1.54) is 0 Å². The van der Waals surface area contributed by atoms with Crippen LogP contribution in [-0.4, -0.2) is 15.2 Å². The average molecular weight is 273 g/mol. The van der Waals surface area contributed by atoms with Crippen molar-refractivity contribution in [3.8, 4) is 0 Å². The lowest BCUT2D eigenvalue weighted by molar-refractivity contribution is 0.865. The molecule has 1 atom stereocenters. The molecular formula is C13H15N5S. The summed E-state index contributed by atoms with van der Waals surface area (Å²) in [5.74, 6) is 0. The Morgan fingerprint density at radius 1 is 1.42 bits per heavy atom. The molecule has 2 heterocycles. The number of rotatable bonds is 3. The summed E-state index contributed by atoms with van der Waals surface area (Å²) in [6, 6.07) is 4.02. The molecule has 0 aliphatic heterocycles. The van der Waals surface area contributed by atoms with Crippen molar-refractivity contribution in [2.45, 2.75) is 19.9 Å². The van der Waals surface area contributed by atoms with Crippen LogP contribution in [0.2, 0.25) is 0 Å². The van der Waals surface area contributed by atoms with Gasteiger partial charge in [-0.1, -0.05) is 0 Å². The average Bonchev–Trinajstić information content (AvgIpc) is 2.98. The van der Waals surface area contributed by atoms with Gasteiger partial charge >= 0.3 is 0 Å². The molecular weight excluding hydrogens is 258 g/mol. The Kier molecular flexibility index (Phi) is 2.87. The van der Waals surface area contributed by atoms with Crippen molar-refractivity contribution in [1.29, 1.82) is 0 Å². The summed E-state index contributed by atoms with van der Waals surface area (Å²) < 4.78 is 0. The number of thiazole rings is 1. The van der Waals surface area contributed by atoms with Crippen LogP contribution in [0.5, 0.6) is 0 Å². The SMILES string of the molecule is Cc1csc(C(C)Nc2cc3[nH]ncc3cc2N)n1. The molecule has 0 radical (unpaired) electrons. The Balaban J connectivity index is 1.89. The molecule has 0 saturated carbocycles. The molecule has 1 aromatic carbocycles. The fourth-order valence-corrected chi connectivity index (χ4v) is 2.80. The predicted octanol–water partition coefficient (Wildman–Crippen LogP) is 3.08. The number of nitrogen functional groups attached to an aromatic ring is 1. The van der Waals surface area contributed by atoms with Crippen molar-refractivity contribution in [1.82, 2.24) is 15.2 Å². The predicted molar refractivity (Wildman–Crippen MR) is 79.4 cm³/mol. The first-order chi connectivity index (χ1) is 9.13. The van der Waals surface area contributed by atoms with Gasteiger partial charge in [0.25, 0.3) is 0 Å². The fourth-order valence-electron chi connectivity index (χ4n) is 2.00. The summed E-state index contributed by atoms with van der Waals surface area (Å²) in [6.07, 6.45) is 1.77. The van der Waals surface area contributed by atoms with Crippen molar-refractivity contribution >= 4 is 33.6 Å². The Morgan fingerprint density at radius 2 is 2.26 bits per heavy atom. The van der Waals surface area contributed by atoms with E-state index in [1.54, 1.807) is 17.5 Å². The molecule has 0 fully saturated rings. The Hall–Kier alpha value is -2.08. The van der Waals surface area contributed by atoms with Gasteiger partial charge in [0.15, 0.2) is 0 Å². The highest BCUT2D eigenvalue weighted by atomic mass is 32.1. The number of nitrogens with two attached hydrogens (primary N) is 1. The number of nitrogens with zero attached hydrogens (tertiary/aromatic N) is 2. The maximum absolute atomic E-state index is 6.06. The van der Waals surface area contributed by atoms with Crippen LogP contribution in [0.25, 0.3) is 10.9 Å². The number of aromatic nitrogens is 3. The van der Waals surface area contributed by atoms with Crippen LogP contribution in [-0.2, 0) is 0 Å². The number of nitrogens with one attached hydrogen (secondary N) is 2. The summed E-state index contributed by atoms with van der Waals surface area (Å²) in [6.45, 7) is 4.08. The van der Waals surface area contributed by atoms with Crippen LogP contribution in [0.4, 0.5) is 11.4 Å². The Morgan fingerprint density at radius 3 is 3.00 bits per heavy atom. The van der Waals surface area contributed by atoms with Gasteiger partial charge in [-0.3, -0.25) is 5.10 Å². The quantitative estimate of drug-likeness (QED) is 0.641. The molecule has 19 heavy (non-hydrogen) atoms. The van der Waals surface area contributed by atoms with Gasteiger partial charge in [-0.2, -0.15) is 5.10 Å². The van der Waals surface area contributed by atoms with Crippen molar-refractivity contribution < 1.29 is 0 Å². The summed E-state index contributed by atoms with van der Waals surface area (Å²) in [5, 5.41) is 14.5. The second kappa shape index (κ2) is 4.55. The van der Waals surface area contributed by atoms with Crippen LogP contribution < -0.4 is 11.1 Å². The highest BCUT2D eigenvalue weighted by Gasteiger charge is 2.11. The molecule has 0 bridgehead atoms. The molecule has 3 rings (SSSR count). The Labute approximate surface area is 114 Å². The van der Waals surface area contributed by atoms with E-state index in [1.807, 2.05) is 19.1 Å². The molecule has 4 N–H and O–H groups in total. The number of fused-ring (bicyclic) bond motifs is 1. The van der Waals surface area contributed by atoms with Crippen LogP contribution in [0.3, 0.4) is 0 Å². The number of hydrogen-bond acceptors (Lipinski definition) is 5. The first-order valence-electron chi connectivity index (χ1n) is 6.04. The van der Waals surface area contributed by atoms with Crippen molar-refractivity contribution in [2.24, 2.45) is 0 Å². The van der Waals surface area contributed by atoms with E-state index in [4.69, 9.17) is 5.73 Å². The summed E-state index contributed by atoms with van der Waals surface area (Å²) in [5.41, 5.74) is 9.69. The number of aromatic amines is 1. The molecule has 0 saturated heterocycles. The van der Waals surface area contributed by atoms with Crippen molar-refractivity contribution in [3.05, 3.63) is 34.4 Å². The molecule has 5 nitrogen and oxygen atoms in total. The molecule has 0 amide bonds. The lowest BCUT2D eigenvalue weighted by atomic mass is 10.2. The smallest absolute Gasteiger partial charge is 0.115 e. The van der Waals surface area contributed by atoms with E-state index < -0.39 is 0 Å². The zero-order chi connectivity index (χ0) is 13.4. The number of anilines is 2. The minimum Gasteiger partial charge on any atom is -0.397 e. The minimum absolute atomic E-state index is 0.126. The number of aryl methyl sites for hydroxylation is 1. The molecule has 3 aromatic rings. The van der Waals surface area contributed by atoms with Gasteiger partial charge in [-0.25, -0.2) is 4.98 Å². The summed E-state index contributed by atoms with van der Waals surface area (Å²) >= 11 is 1.65. The fraction of sp³-hybridized carbons (Fsp3) is 0.231. The van der Waals surface area contributed by atoms with Gasteiger partial charge in [0, 0.05) is 16.5 Å². The lowest BCUT2D eigenvalue weighted by Gasteiger charge is -2.14. The molecule has 6 heteroatoms. The van der Waals surface area contributed by atoms with E-state index in [0.717, 1.165) is 27.3 Å². The highest BCUT2D eigenvalue weighted by molar-refractivity contribution is 7.09. The largest absolute Gasteiger partial charge is 0.397 e. The first kappa shape index (κ1) is 12.0. The van der Waals surface area contributed by atoms with E-state index in [0.29, 0.717) is 5.69 Å². The summed E-state index contributed by atoms with van der Waals surface area (Å²) in [7, 11) is 0. The maximum Gasteiger partial charge on any atom is 0.115 e. The molecule has 2 aromatic heterocycles. The van der Waals surface area contributed by atoms with Crippen LogP contribution in [0, 0.1) is 6.92 Å². The normalized spacial score (nSPS) is 12.7. The van der Waals surface area contributed by atoms with Gasteiger partial charge < -0.3 is 11.1 Å². The first-order valence-corrected chi connectivity index (χ1v) is 6.92. The summed E-state index contributed by atoms with van der Waals surface area (Å²) in [4.78, 5) is 4.48. The van der Waals surface area contributed by atoms with E-state index in [-0.39, 0.29) is 6.04 Å². The lowest BCUT2D eigenvalue weighted by Crippen LogP contribution is -2.08. The van der Waals surface area contributed by atoms with E-state index >= 15 is 0 Å². The Bertz CT molecular complexity index is 715. The standard InChI is InChI=1S/C13H15N5S/c1-7-6-19-13(16-7)8(2)17-12-4-11-9(3-10(12)14)5-15-18-11/h3-6,8,17H,14H2,1-2H3,(H,15,18). The van der Waals surface area contributed by atoms with Crippen LogP contribution in [0.1, 0.15) is 23.7 Å². The second-order valence-electron chi connectivity index (χ2n) is 4.59. The minimum atomic E-state index is 0.126. The third-order valence-corrected chi connectivity index (χ3v) is 4.13. The van der Waals surface area contributed by atoms with Gasteiger partial charge in [-0.15, -0.1) is 11.3 Å². The molecule has 0 spiro atoms. The third-order valence-electron chi connectivity index (χ3n) is 2.99. The molecule has 1 unspecified atom stereocenters. The molecule has 98 valence electrons. The van der Waals surface area contributed by atoms with Gasteiger partial charge in [0.2, 0.25) is 0 Å². The van der Waals surface area contributed by atoms with E-state index in [2.05, 4.69) is 32.8 Å². The third kappa shape index (κ3) is 2.26. The number of hydrogen-bond donors (Lipinski definition) is 3. The molecule has 0 aliphatic rings. The topological polar surface area (TPSA) is 79.6 Å². The zero-order valence-corrected chi connectivity index (χ0v) is 11.6. The zero-order valence-electron chi connectivity index (χ0n) is 10.8. The van der Waals surface area contributed by atoms with Crippen LogP contribution >= 0.6 is 11.3 Å². The van der Waals surface area contributed by atoms with Crippen molar-refractivity contribution in [2.75, 3.05) is 11.1 Å². The van der Waals surface area contributed by atoms with Crippen LogP contribution in [0.15, 0.2) is 23.7 Å². The van der Waals surface area contributed by atoms with Gasteiger partial charge in [0.1, 0.15) is 5.01 Å². The number of H-pyrrole nitrogens is 1.